The zero-order chi connectivity index (χ0) is 16.5. The second-order valence-electron chi connectivity index (χ2n) is 5.28. The van der Waals surface area contributed by atoms with Gasteiger partial charge in [0.05, 0.1) is 16.5 Å². The number of rotatable bonds is 6. The van der Waals surface area contributed by atoms with Crippen LogP contribution in [-0.2, 0) is 16.4 Å². The third-order valence-electron chi connectivity index (χ3n) is 3.37. The number of nitrogens with zero attached hydrogens (tertiary/aromatic N) is 1. The summed E-state index contributed by atoms with van der Waals surface area (Å²) in [5, 5.41) is 0.189. The molecule has 1 unspecified atom stereocenters. The Bertz CT molecular complexity index is 652. The molecule has 1 aliphatic rings. The van der Waals surface area contributed by atoms with E-state index < -0.39 is 23.0 Å². The van der Waals surface area contributed by atoms with Gasteiger partial charge in [-0.25, -0.2) is 17.2 Å². The molecular weight excluding hydrogens is 336 g/mol. The molecule has 1 heterocycles. The van der Waals surface area contributed by atoms with Crippen LogP contribution in [0.2, 0.25) is 5.02 Å². The molecule has 0 fully saturated rings. The third kappa shape index (κ3) is 3.52. The normalized spacial score (nSPS) is 17.9. The number of ether oxygens (including phenoxy) is 1. The highest BCUT2D eigenvalue weighted by molar-refractivity contribution is 7.89. The van der Waals surface area contributed by atoms with Crippen LogP contribution in [-0.4, -0.2) is 38.3 Å². The Morgan fingerprint density at radius 2 is 2.14 bits per heavy atom. The average Bonchev–Trinajstić information content (AvgIpc) is 2.79. The van der Waals surface area contributed by atoms with Gasteiger partial charge in [0.25, 0.3) is 6.43 Å². The highest BCUT2D eigenvalue weighted by Crippen LogP contribution is 2.38. The van der Waals surface area contributed by atoms with Gasteiger partial charge in [0.2, 0.25) is 10.0 Å². The van der Waals surface area contributed by atoms with Gasteiger partial charge in [-0.15, -0.1) is 0 Å². The molecule has 0 saturated heterocycles. The van der Waals surface area contributed by atoms with Gasteiger partial charge in [-0.2, -0.15) is 4.31 Å². The Morgan fingerprint density at radius 3 is 2.73 bits per heavy atom. The first kappa shape index (κ1) is 17.4. The molecule has 124 valence electrons. The van der Waals surface area contributed by atoms with Crippen LogP contribution in [0.3, 0.4) is 0 Å². The lowest BCUT2D eigenvalue weighted by molar-refractivity contribution is 0.119. The molecular formula is C14H18ClF2NO3S. The summed E-state index contributed by atoms with van der Waals surface area (Å²) in [4.78, 5) is -0.0666. The summed E-state index contributed by atoms with van der Waals surface area (Å²) < 4.78 is 56.8. The van der Waals surface area contributed by atoms with Crippen molar-refractivity contribution in [2.75, 3.05) is 13.1 Å². The first-order valence-electron chi connectivity index (χ1n) is 7.03. The molecule has 0 spiro atoms. The number of alkyl halides is 2. The molecule has 4 nitrogen and oxygen atoms in total. The van der Waals surface area contributed by atoms with E-state index in [1.54, 1.807) is 6.92 Å². The van der Waals surface area contributed by atoms with E-state index in [-0.39, 0.29) is 22.6 Å². The lowest BCUT2D eigenvalue weighted by Crippen LogP contribution is -2.35. The summed E-state index contributed by atoms with van der Waals surface area (Å²) >= 11 is 6.08. The summed E-state index contributed by atoms with van der Waals surface area (Å²) in [6, 6.07) is 2.73. The van der Waals surface area contributed by atoms with Gasteiger partial charge in [0.15, 0.2) is 0 Å². The molecule has 8 heteroatoms. The minimum Gasteiger partial charge on any atom is -0.489 e. The molecule has 22 heavy (non-hydrogen) atoms. The van der Waals surface area contributed by atoms with Crippen LogP contribution in [0.25, 0.3) is 0 Å². The van der Waals surface area contributed by atoms with Gasteiger partial charge in [-0.1, -0.05) is 18.5 Å². The van der Waals surface area contributed by atoms with Crippen molar-refractivity contribution in [2.24, 2.45) is 0 Å². The van der Waals surface area contributed by atoms with Crippen LogP contribution >= 0.6 is 11.6 Å². The maximum atomic E-state index is 12.7. The molecule has 0 amide bonds. The van der Waals surface area contributed by atoms with Crippen molar-refractivity contribution in [3.8, 4) is 5.75 Å². The van der Waals surface area contributed by atoms with E-state index in [9.17, 15) is 17.2 Å². The maximum Gasteiger partial charge on any atom is 0.252 e. The van der Waals surface area contributed by atoms with Crippen LogP contribution in [0.4, 0.5) is 8.78 Å². The minimum atomic E-state index is -4.01. The standard InChI is InChI=1S/C14H18ClF2NO3S/c1-3-4-18(8-13(16)17)22(19,20)11-6-10-5-9(2)21-14(10)12(15)7-11/h6-7,9,13H,3-5,8H2,1-2H3. The van der Waals surface area contributed by atoms with Gasteiger partial charge < -0.3 is 4.74 Å². The number of hydrogen-bond donors (Lipinski definition) is 0. The Hall–Kier alpha value is -0.920. The lowest BCUT2D eigenvalue weighted by Gasteiger charge is -2.21. The number of hydrogen-bond acceptors (Lipinski definition) is 3. The zero-order valence-corrected chi connectivity index (χ0v) is 13.9. The van der Waals surface area contributed by atoms with Crippen molar-refractivity contribution < 1.29 is 21.9 Å². The fourth-order valence-corrected chi connectivity index (χ4v) is 4.41. The van der Waals surface area contributed by atoms with E-state index in [0.29, 0.717) is 24.2 Å². The predicted octanol–water partition coefficient (Wildman–Crippen LogP) is 3.33. The molecule has 0 bridgehead atoms. The van der Waals surface area contributed by atoms with Crippen molar-refractivity contribution in [1.29, 1.82) is 0 Å². The average molecular weight is 354 g/mol. The molecule has 0 aromatic heterocycles. The quantitative estimate of drug-likeness (QED) is 0.788. The smallest absolute Gasteiger partial charge is 0.252 e. The maximum absolute atomic E-state index is 12.7. The molecule has 0 aliphatic carbocycles. The van der Waals surface area contributed by atoms with E-state index in [2.05, 4.69) is 0 Å². The molecule has 1 atom stereocenters. The summed E-state index contributed by atoms with van der Waals surface area (Å²) in [6.07, 6.45) is -1.82. The van der Waals surface area contributed by atoms with E-state index in [0.717, 1.165) is 4.31 Å². The fourth-order valence-electron chi connectivity index (χ4n) is 2.47. The van der Waals surface area contributed by atoms with Crippen molar-refractivity contribution in [1.82, 2.24) is 4.31 Å². The van der Waals surface area contributed by atoms with Crippen LogP contribution in [0.1, 0.15) is 25.8 Å². The zero-order valence-electron chi connectivity index (χ0n) is 12.4. The monoisotopic (exact) mass is 353 g/mol. The summed E-state index contributed by atoms with van der Waals surface area (Å²) in [5.74, 6) is 0.476. The van der Waals surface area contributed by atoms with E-state index in [4.69, 9.17) is 16.3 Å². The van der Waals surface area contributed by atoms with Crippen molar-refractivity contribution in [3.05, 3.63) is 22.7 Å². The van der Waals surface area contributed by atoms with Crippen molar-refractivity contribution >= 4 is 21.6 Å². The Labute approximate surface area is 134 Å². The topological polar surface area (TPSA) is 46.6 Å². The highest BCUT2D eigenvalue weighted by Gasteiger charge is 2.30. The highest BCUT2D eigenvalue weighted by atomic mass is 35.5. The van der Waals surface area contributed by atoms with Crippen LogP contribution in [0.5, 0.6) is 5.75 Å². The molecule has 0 radical (unpaired) electrons. The van der Waals surface area contributed by atoms with Crippen molar-refractivity contribution in [2.45, 2.75) is 44.1 Å². The number of sulfonamides is 1. The first-order valence-corrected chi connectivity index (χ1v) is 8.84. The van der Waals surface area contributed by atoms with E-state index in [1.807, 2.05) is 6.92 Å². The largest absolute Gasteiger partial charge is 0.489 e. The van der Waals surface area contributed by atoms with Gasteiger partial charge in [0, 0.05) is 18.5 Å². The number of fused-ring (bicyclic) bond motifs is 1. The molecule has 1 aliphatic heterocycles. The third-order valence-corrected chi connectivity index (χ3v) is 5.50. The minimum absolute atomic E-state index is 0.0360. The Balaban J connectivity index is 2.41. The first-order chi connectivity index (χ1) is 10.3. The number of benzene rings is 1. The van der Waals surface area contributed by atoms with E-state index >= 15 is 0 Å². The second kappa shape index (κ2) is 6.68. The Morgan fingerprint density at radius 1 is 1.45 bits per heavy atom. The Kier molecular flexibility index (Phi) is 5.29. The van der Waals surface area contributed by atoms with Crippen LogP contribution in [0.15, 0.2) is 17.0 Å². The molecule has 0 saturated carbocycles. The van der Waals surface area contributed by atoms with Gasteiger partial charge in [-0.05, 0) is 25.5 Å². The summed E-state index contributed by atoms with van der Waals surface area (Å²) in [5.41, 5.74) is 0.687. The second-order valence-corrected chi connectivity index (χ2v) is 7.63. The predicted molar refractivity (Wildman–Crippen MR) is 80.3 cm³/mol. The van der Waals surface area contributed by atoms with Crippen molar-refractivity contribution in [3.63, 3.8) is 0 Å². The SMILES string of the molecule is CCCN(CC(F)F)S(=O)(=O)c1cc(Cl)c2c(c1)CC(C)O2. The molecule has 1 aromatic rings. The van der Waals surface area contributed by atoms with Gasteiger partial charge in [0.1, 0.15) is 11.9 Å². The fraction of sp³-hybridized carbons (Fsp3) is 0.571. The molecule has 1 aromatic carbocycles. The molecule has 2 rings (SSSR count). The van der Waals surface area contributed by atoms with Gasteiger partial charge >= 0.3 is 0 Å². The van der Waals surface area contributed by atoms with Crippen LogP contribution in [0, 0.1) is 0 Å². The summed E-state index contributed by atoms with van der Waals surface area (Å²) in [6.45, 7) is 2.80. The lowest BCUT2D eigenvalue weighted by atomic mass is 10.1. The van der Waals surface area contributed by atoms with E-state index in [1.165, 1.54) is 12.1 Å². The summed E-state index contributed by atoms with van der Waals surface area (Å²) in [7, 11) is -4.01. The van der Waals surface area contributed by atoms with Crippen LogP contribution < -0.4 is 4.74 Å². The molecule has 0 N–H and O–H groups in total. The van der Waals surface area contributed by atoms with Gasteiger partial charge in [-0.3, -0.25) is 0 Å². The number of halogens is 3.